The molecule has 0 radical (unpaired) electrons. The number of carbonyl (C=O) groups is 2. The van der Waals surface area contributed by atoms with E-state index in [2.05, 4.69) is 10.6 Å². The Labute approximate surface area is 143 Å². The van der Waals surface area contributed by atoms with E-state index in [1.165, 1.54) is 25.7 Å². The molecule has 0 heterocycles. The molecule has 1 aromatic carbocycles. The Morgan fingerprint density at radius 2 is 2.08 bits per heavy atom. The van der Waals surface area contributed by atoms with Crippen LogP contribution in [0.4, 0.5) is 10.5 Å². The van der Waals surface area contributed by atoms with Crippen LogP contribution in [0.25, 0.3) is 0 Å². The zero-order chi connectivity index (χ0) is 17.1. The highest BCUT2D eigenvalue weighted by molar-refractivity contribution is 5.89. The molecule has 0 aromatic heterocycles. The number of anilines is 1. The summed E-state index contributed by atoms with van der Waals surface area (Å²) in [6, 6.07) is 7.49. The average molecular weight is 329 g/mol. The summed E-state index contributed by atoms with van der Waals surface area (Å²) in [6.45, 7) is 2.86. The molecule has 2 fully saturated rings. The van der Waals surface area contributed by atoms with E-state index < -0.39 is 0 Å². The molecular formula is C19H27N3O2. The Hall–Kier alpha value is -2.04. The third-order valence-electron chi connectivity index (χ3n) is 5.55. The second-order valence-corrected chi connectivity index (χ2v) is 7.35. The first-order valence-electron chi connectivity index (χ1n) is 8.86. The minimum absolute atomic E-state index is 0.0250. The van der Waals surface area contributed by atoms with Crippen molar-refractivity contribution in [1.82, 2.24) is 10.2 Å². The van der Waals surface area contributed by atoms with E-state index in [4.69, 9.17) is 0 Å². The maximum Gasteiger partial charge on any atom is 0.319 e. The number of amides is 3. The van der Waals surface area contributed by atoms with Crippen LogP contribution in [0, 0.1) is 17.8 Å². The smallest absolute Gasteiger partial charge is 0.319 e. The number of hydrogen-bond acceptors (Lipinski definition) is 2. The fraction of sp³-hybridized carbons (Fsp3) is 0.579. The Morgan fingerprint density at radius 3 is 2.75 bits per heavy atom. The highest BCUT2D eigenvalue weighted by Gasteiger charge is 2.39. The summed E-state index contributed by atoms with van der Waals surface area (Å²) in [7, 11) is 1.77. The standard InChI is InChI=1S/C19H27N3O2/c1-13(23)22(2)12-15-4-3-5-18(10-15)21-19(24)20-11-17-9-14-6-7-16(17)8-14/h3-5,10,14,16-17H,6-9,11-12H2,1-2H3,(H2,20,21,24). The van der Waals surface area contributed by atoms with Gasteiger partial charge in [-0.25, -0.2) is 4.79 Å². The van der Waals surface area contributed by atoms with E-state index in [1.807, 2.05) is 24.3 Å². The van der Waals surface area contributed by atoms with Crippen LogP contribution in [-0.2, 0) is 11.3 Å². The lowest BCUT2D eigenvalue weighted by Gasteiger charge is -2.22. The van der Waals surface area contributed by atoms with Crippen LogP contribution in [-0.4, -0.2) is 30.4 Å². The quantitative estimate of drug-likeness (QED) is 0.871. The van der Waals surface area contributed by atoms with Gasteiger partial charge in [-0.3, -0.25) is 4.79 Å². The lowest BCUT2D eigenvalue weighted by atomic mass is 9.89. The molecule has 3 amide bonds. The van der Waals surface area contributed by atoms with E-state index in [-0.39, 0.29) is 11.9 Å². The van der Waals surface area contributed by atoms with Gasteiger partial charge < -0.3 is 15.5 Å². The van der Waals surface area contributed by atoms with Gasteiger partial charge in [0.2, 0.25) is 5.91 Å². The normalized spacial score (nSPS) is 24.7. The number of carbonyl (C=O) groups excluding carboxylic acids is 2. The summed E-state index contributed by atoms with van der Waals surface area (Å²) in [5.41, 5.74) is 1.76. The van der Waals surface area contributed by atoms with Crippen LogP contribution in [0.1, 0.15) is 38.2 Å². The van der Waals surface area contributed by atoms with Crippen LogP contribution >= 0.6 is 0 Å². The van der Waals surface area contributed by atoms with Crippen LogP contribution in [0.5, 0.6) is 0 Å². The monoisotopic (exact) mass is 329 g/mol. The molecule has 130 valence electrons. The summed E-state index contributed by atoms with van der Waals surface area (Å²) < 4.78 is 0. The average Bonchev–Trinajstić information content (AvgIpc) is 3.16. The molecule has 3 unspecified atom stereocenters. The first kappa shape index (κ1) is 16.8. The molecule has 2 bridgehead atoms. The third-order valence-corrected chi connectivity index (χ3v) is 5.55. The topological polar surface area (TPSA) is 61.4 Å². The molecule has 2 N–H and O–H groups in total. The summed E-state index contributed by atoms with van der Waals surface area (Å²) in [5, 5.41) is 5.92. The lowest BCUT2D eigenvalue weighted by Crippen LogP contribution is -2.34. The number of hydrogen-bond donors (Lipinski definition) is 2. The van der Waals surface area contributed by atoms with Gasteiger partial charge in [-0.1, -0.05) is 18.6 Å². The first-order chi connectivity index (χ1) is 11.5. The van der Waals surface area contributed by atoms with Gasteiger partial charge in [-0.15, -0.1) is 0 Å². The predicted molar refractivity (Wildman–Crippen MR) is 94.5 cm³/mol. The van der Waals surface area contributed by atoms with Crippen molar-refractivity contribution in [3.05, 3.63) is 29.8 Å². The van der Waals surface area contributed by atoms with Crippen molar-refractivity contribution in [1.29, 1.82) is 0 Å². The molecule has 2 saturated carbocycles. The minimum atomic E-state index is -0.144. The molecule has 0 saturated heterocycles. The molecule has 5 heteroatoms. The summed E-state index contributed by atoms with van der Waals surface area (Å²) in [4.78, 5) is 25.1. The van der Waals surface area contributed by atoms with E-state index in [0.29, 0.717) is 12.5 Å². The highest BCUT2D eigenvalue weighted by atomic mass is 16.2. The Balaban J connectivity index is 1.48. The highest BCUT2D eigenvalue weighted by Crippen LogP contribution is 2.47. The number of fused-ring (bicyclic) bond motifs is 2. The summed E-state index contributed by atoms with van der Waals surface area (Å²) in [6.07, 6.45) is 5.36. The Morgan fingerprint density at radius 1 is 1.25 bits per heavy atom. The van der Waals surface area contributed by atoms with Gasteiger partial charge in [-0.05, 0) is 54.7 Å². The number of rotatable bonds is 5. The van der Waals surface area contributed by atoms with Crippen molar-refractivity contribution in [3.8, 4) is 0 Å². The van der Waals surface area contributed by atoms with Gasteiger partial charge in [0.25, 0.3) is 0 Å². The largest absolute Gasteiger partial charge is 0.342 e. The molecule has 5 nitrogen and oxygen atoms in total. The second kappa shape index (κ2) is 7.24. The zero-order valence-electron chi connectivity index (χ0n) is 14.5. The van der Waals surface area contributed by atoms with Gasteiger partial charge in [0.05, 0.1) is 0 Å². The van der Waals surface area contributed by atoms with Crippen LogP contribution < -0.4 is 10.6 Å². The number of urea groups is 1. The summed E-state index contributed by atoms with van der Waals surface area (Å²) in [5.74, 6) is 2.41. The number of nitrogens with one attached hydrogen (secondary N) is 2. The molecule has 24 heavy (non-hydrogen) atoms. The molecular weight excluding hydrogens is 302 g/mol. The number of benzene rings is 1. The molecule has 3 atom stereocenters. The van der Waals surface area contributed by atoms with E-state index >= 15 is 0 Å². The fourth-order valence-corrected chi connectivity index (χ4v) is 4.16. The molecule has 2 aliphatic rings. The predicted octanol–water partition coefficient (Wildman–Crippen LogP) is 3.22. The number of nitrogens with zero attached hydrogens (tertiary/aromatic N) is 1. The minimum Gasteiger partial charge on any atom is -0.342 e. The van der Waals surface area contributed by atoms with Crippen molar-refractivity contribution >= 4 is 17.6 Å². The Kier molecular flexibility index (Phi) is 5.07. The summed E-state index contributed by atoms with van der Waals surface area (Å²) >= 11 is 0. The van der Waals surface area contributed by atoms with Gasteiger partial charge in [0.15, 0.2) is 0 Å². The molecule has 0 spiro atoms. The second-order valence-electron chi connectivity index (χ2n) is 7.35. The van der Waals surface area contributed by atoms with E-state index in [0.717, 1.165) is 29.6 Å². The van der Waals surface area contributed by atoms with E-state index in [1.54, 1.807) is 18.9 Å². The maximum absolute atomic E-state index is 12.1. The van der Waals surface area contributed by atoms with E-state index in [9.17, 15) is 9.59 Å². The SMILES string of the molecule is CC(=O)N(C)Cc1cccc(NC(=O)NCC2CC3CCC2C3)c1. The molecule has 3 rings (SSSR count). The molecule has 2 aliphatic carbocycles. The van der Waals surface area contributed by atoms with Gasteiger partial charge in [0.1, 0.15) is 0 Å². The van der Waals surface area contributed by atoms with Crippen molar-refractivity contribution in [2.24, 2.45) is 17.8 Å². The zero-order valence-corrected chi connectivity index (χ0v) is 14.5. The van der Waals surface area contributed by atoms with Gasteiger partial charge in [0, 0.05) is 32.7 Å². The van der Waals surface area contributed by atoms with Crippen LogP contribution in [0.3, 0.4) is 0 Å². The maximum atomic E-state index is 12.1. The van der Waals surface area contributed by atoms with Crippen LogP contribution in [0.15, 0.2) is 24.3 Å². The van der Waals surface area contributed by atoms with Crippen molar-refractivity contribution in [2.75, 3.05) is 18.9 Å². The first-order valence-corrected chi connectivity index (χ1v) is 8.86. The molecule has 0 aliphatic heterocycles. The van der Waals surface area contributed by atoms with Gasteiger partial charge >= 0.3 is 6.03 Å². The van der Waals surface area contributed by atoms with Gasteiger partial charge in [-0.2, -0.15) is 0 Å². The van der Waals surface area contributed by atoms with Crippen molar-refractivity contribution in [3.63, 3.8) is 0 Å². The fourth-order valence-electron chi connectivity index (χ4n) is 4.16. The van der Waals surface area contributed by atoms with Crippen molar-refractivity contribution < 1.29 is 9.59 Å². The third kappa shape index (κ3) is 4.08. The Bertz CT molecular complexity index is 616. The molecule has 1 aromatic rings. The van der Waals surface area contributed by atoms with Crippen LogP contribution in [0.2, 0.25) is 0 Å². The lowest BCUT2D eigenvalue weighted by molar-refractivity contribution is -0.128. The van der Waals surface area contributed by atoms with Crippen molar-refractivity contribution in [2.45, 2.75) is 39.2 Å².